The maximum Gasteiger partial charge on any atom is 1.20 e. The maximum absolute atomic E-state index is 11.5. The van der Waals surface area contributed by atoms with Gasteiger partial charge in [0.05, 0.1) is 36.0 Å². The van der Waals surface area contributed by atoms with Crippen LogP contribution in [0, 0.1) is 12.5 Å². The fraction of sp³-hybridized carbons (Fsp3) is 0.353. The van der Waals surface area contributed by atoms with Crippen LogP contribution in [0.15, 0.2) is 35.5 Å². The molecule has 0 bridgehead atoms. The van der Waals surface area contributed by atoms with E-state index in [9.17, 15) is 14.4 Å². The Bertz CT molecular complexity index is 654. The number of ketones is 1. The van der Waals surface area contributed by atoms with Crippen LogP contribution in [0.4, 0.5) is 0 Å². The Balaban J connectivity index is 5.23. The van der Waals surface area contributed by atoms with Crippen LogP contribution >= 0.6 is 0 Å². The molecule has 0 rings (SSSR count). The normalized spacial score (nSPS) is 11.8. The molecule has 0 N–H and O–H groups in total. The Kier molecular flexibility index (Phi) is 11.3. The molecule has 0 unspecified atom stereocenters. The average molecular weight is 380 g/mol. The molecular weight excluding hydrogens is 359 g/mol. The van der Waals surface area contributed by atoms with E-state index in [1.807, 2.05) is 0 Å². The van der Waals surface area contributed by atoms with Crippen LogP contribution in [-0.4, -0.2) is 39.5 Å². The van der Waals surface area contributed by atoms with Crippen molar-refractivity contribution in [2.24, 2.45) is 0 Å². The largest absolute Gasteiger partial charge is 1.20 e. The number of hydrogen-bond donors (Lipinski definition) is 0. The van der Waals surface area contributed by atoms with Crippen molar-refractivity contribution in [3.8, 4) is 12.5 Å². The van der Waals surface area contributed by atoms with Crippen LogP contribution in [-0.2, 0) is 35.2 Å². The van der Waals surface area contributed by atoms with E-state index in [0.29, 0.717) is 0 Å². The molecule has 0 aromatic rings. The molecule has 0 amide bonds. The summed E-state index contributed by atoms with van der Waals surface area (Å²) in [7, 11) is 0. The number of carbonyl (C=O) groups excluding carboxylic acids is 3. The third-order valence-electron chi connectivity index (χ3n) is 2.34. The molecule has 0 aliphatic heterocycles. The van der Waals surface area contributed by atoms with E-state index in [1.54, 1.807) is 20.0 Å². The van der Waals surface area contributed by atoms with Crippen molar-refractivity contribution < 1.29 is 35.2 Å². The molecule has 26 heavy (non-hydrogen) atoms. The van der Waals surface area contributed by atoms with Crippen molar-refractivity contribution in [1.29, 1.82) is 0 Å². The van der Waals surface area contributed by atoms with Gasteiger partial charge in [-0.15, -0.1) is 0 Å². The lowest BCUT2D eigenvalue weighted by Crippen LogP contribution is -2.26. The Morgan fingerprint density at radius 3 is 1.77 bits per heavy atom. The monoisotopic (exact) mass is 380 g/mol. The molecule has 0 saturated carbocycles. The van der Waals surface area contributed by atoms with Crippen LogP contribution in [0.1, 0.15) is 34.6 Å². The van der Waals surface area contributed by atoms with Gasteiger partial charge in [0.2, 0.25) is 0 Å². The van der Waals surface area contributed by atoms with E-state index < -0.39 is 27.1 Å². The van der Waals surface area contributed by atoms with Crippen molar-refractivity contribution in [3.05, 3.63) is 35.5 Å². The van der Waals surface area contributed by atoms with Gasteiger partial charge in [0.1, 0.15) is 6.11 Å². The van der Waals surface area contributed by atoms with E-state index in [1.165, 1.54) is 26.8 Å². The van der Waals surface area contributed by atoms with E-state index in [0.717, 1.165) is 12.2 Å². The fourth-order valence-corrected chi connectivity index (χ4v) is 2.78. The minimum Gasteiger partial charge on any atom is -0.580 e. The van der Waals surface area contributed by atoms with E-state index in [-0.39, 0.29) is 29.7 Å². The van der Waals surface area contributed by atoms with Crippen LogP contribution in [0.25, 0.3) is 0 Å². The summed E-state index contributed by atoms with van der Waals surface area (Å²) < 4.78 is 25.6. The predicted molar refractivity (Wildman–Crippen MR) is 92.5 cm³/mol. The second kappa shape index (κ2) is 12.7. The standard InChI is InChI=1S/C6H10O3.C6H6O3.C5H8O2.Al/c2*1-3-9-6(8)4-5(2)7;1-4(6)3-5(2)7;/h4,7H,3H2,1-2H3;1,4,7H,2H3;3,6H,1-2H3;/q;;;+3/p-3/b5-4-;5-4+;4-3-;. The molecular formula is C17H21AlO8. The zero-order valence-electron chi connectivity index (χ0n) is 15.4. The Labute approximate surface area is 157 Å². The molecule has 8 nitrogen and oxygen atoms in total. The molecule has 0 aromatic carbocycles. The Hall–Kier alpha value is -2.68. The zero-order valence-corrected chi connectivity index (χ0v) is 16.5. The van der Waals surface area contributed by atoms with Gasteiger partial charge in [-0.1, -0.05) is 6.42 Å². The first-order chi connectivity index (χ1) is 12.2. The smallest absolute Gasteiger partial charge is 0.580 e. The minimum absolute atomic E-state index is 0.126. The SMILES string of the molecule is C#COC(=O)/C=C(\C)[O][Al]([O]/C(C)=C\C(C)=O)[O]/C(C)=C\C(=O)OCC. The van der Waals surface area contributed by atoms with Crippen molar-refractivity contribution in [2.75, 3.05) is 6.61 Å². The van der Waals surface area contributed by atoms with Gasteiger partial charge in [-0.25, -0.2) is 9.59 Å². The molecule has 0 fully saturated rings. The second-order valence-electron chi connectivity index (χ2n) is 4.81. The summed E-state index contributed by atoms with van der Waals surface area (Å²) in [5, 5.41) is 0. The zero-order chi connectivity index (χ0) is 20.1. The van der Waals surface area contributed by atoms with Crippen molar-refractivity contribution in [1.82, 2.24) is 0 Å². The van der Waals surface area contributed by atoms with Gasteiger partial charge in [0.25, 0.3) is 0 Å². The van der Waals surface area contributed by atoms with Gasteiger partial charge in [0, 0.05) is 6.08 Å². The van der Waals surface area contributed by atoms with E-state index in [2.05, 4.69) is 4.74 Å². The molecule has 0 aliphatic carbocycles. The molecule has 0 saturated heterocycles. The third-order valence-corrected chi connectivity index (χ3v) is 4.03. The van der Waals surface area contributed by atoms with E-state index in [4.69, 9.17) is 22.5 Å². The number of carbonyl (C=O) groups is 3. The highest BCUT2D eigenvalue weighted by Gasteiger charge is 2.44. The van der Waals surface area contributed by atoms with Crippen molar-refractivity contribution in [3.63, 3.8) is 0 Å². The number of esters is 2. The predicted octanol–water partition coefficient (Wildman–Crippen LogP) is 2.02. The number of rotatable bonds is 10. The van der Waals surface area contributed by atoms with Gasteiger partial charge < -0.3 is 20.8 Å². The minimum atomic E-state index is -2.95. The number of hydrogen-bond acceptors (Lipinski definition) is 8. The summed E-state index contributed by atoms with van der Waals surface area (Å²) in [6, 6.07) is 0. The highest BCUT2D eigenvalue weighted by atomic mass is 27.3. The highest BCUT2D eigenvalue weighted by molar-refractivity contribution is 6.37. The summed E-state index contributed by atoms with van der Waals surface area (Å²) in [6.45, 7) is 7.78. The quantitative estimate of drug-likeness (QED) is 0.187. The van der Waals surface area contributed by atoms with Gasteiger partial charge in [0.15, 0.2) is 5.78 Å². The molecule has 0 radical (unpaired) electrons. The average Bonchev–Trinajstić information content (AvgIpc) is 2.45. The lowest BCUT2D eigenvalue weighted by atomic mass is 10.4. The second-order valence-corrected chi connectivity index (χ2v) is 6.09. The number of terminal acetylenes is 1. The first-order valence-corrected chi connectivity index (χ1v) is 8.97. The summed E-state index contributed by atoms with van der Waals surface area (Å²) >= 11 is -2.95. The van der Waals surface area contributed by atoms with Gasteiger partial charge in [-0.2, -0.15) is 0 Å². The molecule has 0 aromatic heterocycles. The summed E-state index contributed by atoms with van der Waals surface area (Å²) in [6.07, 6.45) is 10.00. The van der Waals surface area contributed by atoms with Gasteiger partial charge in [-0.05, 0) is 34.6 Å². The molecule has 0 atom stereocenters. The van der Waals surface area contributed by atoms with Gasteiger partial charge >= 0.3 is 27.1 Å². The summed E-state index contributed by atoms with van der Waals surface area (Å²) in [5.41, 5.74) is 0. The molecule has 0 spiro atoms. The first kappa shape index (κ1) is 23.3. The molecule has 9 heteroatoms. The molecule has 140 valence electrons. The first-order valence-electron chi connectivity index (χ1n) is 7.56. The summed E-state index contributed by atoms with van der Waals surface area (Å²) in [4.78, 5) is 33.9. The summed E-state index contributed by atoms with van der Waals surface area (Å²) in [5.74, 6) is -1.03. The van der Waals surface area contributed by atoms with Crippen LogP contribution in [0.5, 0.6) is 0 Å². The Morgan fingerprint density at radius 2 is 1.35 bits per heavy atom. The molecule has 0 heterocycles. The number of allylic oxidation sites excluding steroid dienone is 4. The van der Waals surface area contributed by atoms with Crippen molar-refractivity contribution in [2.45, 2.75) is 34.6 Å². The third kappa shape index (κ3) is 11.8. The van der Waals surface area contributed by atoms with Crippen LogP contribution in [0.2, 0.25) is 0 Å². The Morgan fingerprint density at radius 1 is 0.885 bits per heavy atom. The highest BCUT2D eigenvalue weighted by Crippen LogP contribution is 2.11. The lowest BCUT2D eigenvalue weighted by Gasteiger charge is -2.16. The maximum atomic E-state index is 11.5. The molecule has 0 aliphatic rings. The van der Waals surface area contributed by atoms with Crippen LogP contribution < -0.4 is 0 Å². The van der Waals surface area contributed by atoms with Crippen molar-refractivity contribution >= 4 is 32.9 Å². The van der Waals surface area contributed by atoms with E-state index >= 15 is 0 Å². The van der Waals surface area contributed by atoms with Crippen LogP contribution in [0.3, 0.4) is 0 Å². The lowest BCUT2D eigenvalue weighted by molar-refractivity contribution is -0.137. The fourth-order valence-electron chi connectivity index (χ4n) is 1.52. The van der Waals surface area contributed by atoms with Gasteiger partial charge in [-0.3, -0.25) is 4.79 Å². The number of ether oxygens (including phenoxy) is 2. The topological polar surface area (TPSA) is 97.4 Å².